The first kappa shape index (κ1) is 23.7. The Morgan fingerprint density at radius 1 is 0.853 bits per heavy atom. The Hall–Kier alpha value is -3.45. The summed E-state index contributed by atoms with van der Waals surface area (Å²) < 4.78 is 6.98. The summed E-state index contributed by atoms with van der Waals surface area (Å²) in [4.78, 5) is 29.6. The van der Waals surface area contributed by atoms with E-state index < -0.39 is 0 Å². The van der Waals surface area contributed by atoms with Gasteiger partial charge in [-0.3, -0.25) is 9.59 Å². The van der Waals surface area contributed by atoms with Crippen LogP contribution in [0.15, 0.2) is 77.6 Å². The molecule has 1 saturated heterocycles. The smallest absolute Gasteiger partial charge is 0.274 e. The van der Waals surface area contributed by atoms with Gasteiger partial charge in [-0.1, -0.05) is 48.5 Å². The summed E-state index contributed by atoms with van der Waals surface area (Å²) in [6, 6.07) is 22.9. The second kappa shape index (κ2) is 12.1. The van der Waals surface area contributed by atoms with Crippen molar-refractivity contribution >= 4 is 5.91 Å². The van der Waals surface area contributed by atoms with E-state index in [-0.39, 0.29) is 18.0 Å². The van der Waals surface area contributed by atoms with Gasteiger partial charge in [-0.2, -0.15) is 5.10 Å². The number of benzene rings is 2. The van der Waals surface area contributed by atoms with Crippen LogP contribution < -0.4 is 10.3 Å². The molecular formula is C27H32N4O3. The van der Waals surface area contributed by atoms with Crippen LogP contribution in [0.3, 0.4) is 0 Å². The average Bonchev–Trinajstić information content (AvgIpc) is 3.12. The number of carbonyl (C=O) groups is 1. The lowest BCUT2D eigenvalue weighted by molar-refractivity contribution is 0.0752. The van der Waals surface area contributed by atoms with Gasteiger partial charge in [-0.05, 0) is 56.1 Å². The van der Waals surface area contributed by atoms with E-state index >= 15 is 0 Å². The number of hydrogen-bond acceptors (Lipinski definition) is 5. The third-order valence-electron chi connectivity index (χ3n) is 6.06. The van der Waals surface area contributed by atoms with Crippen LogP contribution in [0.5, 0.6) is 5.75 Å². The van der Waals surface area contributed by atoms with Crippen molar-refractivity contribution in [2.24, 2.45) is 0 Å². The molecule has 0 spiro atoms. The van der Waals surface area contributed by atoms with E-state index in [9.17, 15) is 9.59 Å². The molecule has 0 radical (unpaired) electrons. The number of para-hydroxylation sites is 1. The quantitative estimate of drug-likeness (QED) is 0.491. The molecule has 0 unspecified atom stereocenters. The summed E-state index contributed by atoms with van der Waals surface area (Å²) in [5.41, 5.74) is 1.43. The van der Waals surface area contributed by atoms with Crippen LogP contribution in [0.25, 0.3) is 0 Å². The van der Waals surface area contributed by atoms with E-state index in [1.54, 1.807) is 0 Å². The third-order valence-corrected chi connectivity index (χ3v) is 6.06. The van der Waals surface area contributed by atoms with Crippen molar-refractivity contribution in [1.29, 1.82) is 0 Å². The van der Waals surface area contributed by atoms with Gasteiger partial charge < -0.3 is 14.5 Å². The van der Waals surface area contributed by atoms with E-state index in [2.05, 4.69) is 34.3 Å². The summed E-state index contributed by atoms with van der Waals surface area (Å²) in [6.45, 7) is 4.82. The van der Waals surface area contributed by atoms with Gasteiger partial charge in [0, 0.05) is 25.7 Å². The zero-order valence-electron chi connectivity index (χ0n) is 19.5. The maximum atomic E-state index is 13.1. The van der Waals surface area contributed by atoms with Crippen molar-refractivity contribution in [3.05, 3.63) is 94.4 Å². The number of aryl methyl sites for hydroxylation is 1. The van der Waals surface area contributed by atoms with E-state index in [0.717, 1.165) is 44.6 Å². The maximum absolute atomic E-state index is 13.1. The normalized spacial score (nSPS) is 14.5. The van der Waals surface area contributed by atoms with Crippen molar-refractivity contribution in [2.75, 3.05) is 39.3 Å². The van der Waals surface area contributed by atoms with E-state index in [1.165, 1.54) is 22.4 Å². The number of rotatable bonds is 9. The standard InChI is InChI=1S/C27H32N4O3/c32-26-15-14-25(28-31(26)21-22-34-24-12-5-2-6-13-24)27(33)30-18-8-17-29(19-20-30)16-7-11-23-9-3-1-4-10-23/h1-6,9-10,12-15H,7-8,11,16-22H2. The molecule has 0 saturated carbocycles. The zero-order valence-corrected chi connectivity index (χ0v) is 19.5. The molecule has 1 aromatic heterocycles. The highest BCUT2D eigenvalue weighted by molar-refractivity contribution is 5.92. The first-order valence-corrected chi connectivity index (χ1v) is 12.0. The molecule has 0 bridgehead atoms. The molecule has 2 heterocycles. The fourth-order valence-electron chi connectivity index (χ4n) is 4.20. The largest absolute Gasteiger partial charge is 0.492 e. The highest BCUT2D eigenvalue weighted by Crippen LogP contribution is 2.10. The lowest BCUT2D eigenvalue weighted by Crippen LogP contribution is -2.37. The number of amides is 1. The number of hydrogen-bond donors (Lipinski definition) is 0. The predicted molar refractivity (Wildman–Crippen MR) is 132 cm³/mol. The zero-order chi connectivity index (χ0) is 23.6. The van der Waals surface area contributed by atoms with Gasteiger partial charge in [-0.15, -0.1) is 0 Å². The molecule has 1 aliphatic rings. The molecule has 34 heavy (non-hydrogen) atoms. The Morgan fingerprint density at radius 3 is 2.41 bits per heavy atom. The van der Waals surface area contributed by atoms with Crippen LogP contribution in [0.4, 0.5) is 0 Å². The lowest BCUT2D eigenvalue weighted by Gasteiger charge is -2.22. The van der Waals surface area contributed by atoms with Crippen molar-refractivity contribution in [1.82, 2.24) is 19.6 Å². The fraction of sp³-hybridized carbons (Fsp3) is 0.370. The lowest BCUT2D eigenvalue weighted by atomic mass is 10.1. The van der Waals surface area contributed by atoms with Gasteiger partial charge in [0.25, 0.3) is 11.5 Å². The molecule has 1 aliphatic heterocycles. The SMILES string of the molecule is O=C(c1ccc(=O)n(CCOc2ccccc2)n1)N1CCCN(CCCc2ccccc2)CC1. The molecule has 2 aromatic carbocycles. The van der Waals surface area contributed by atoms with E-state index in [4.69, 9.17) is 4.74 Å². The molecule has 178 valence electrons. The fourth-order valence-corrected chi connectivity index (χ4v) is 4.20. The minimum Gasteiger partial charge on any atom is -0.492 e. The molecule has 4 rings (SSSR count). The van der Waals surface area contributed by atoms with Gasteiger partial charge in [0.2, 0.25) is 0 Å². The molecule has 0 aliphatic carbocycles. The van der Waals surface area contributed by atoms with Crippen LogP contribution in [-0.4, -0.2) is 64.8 Å². The van der Waals surface area contributed by atoms with Crippen molar-refractivity contribution in [3.63, 3.8) is 0 Å². The Morgan fingerprint density at radius 2 is 1.62 bits per heavy atom. The Bertz CT molecular complexity index is 1100. The number of carbonyl (C=O) groups excluding carboxylic acids is 1. The van der Waals surface area contributed by atoms with E-state index in [0.29, 0.717) is 25.4 Å². The second-order valence-electron chi connectivity index (χ2n) is 8.52. The summed E-state index contributed by atoms with van der Waals surface area (Å²) in [7, 11) is 0. The molecule has 3 aromatic rings. The van der Waals surface area contributed by atoms with Gasteiger partial charge in [-0.25, -0.2) is 4.68 Å². The van der Waals surface area contributed by atoms with Gasteiger partial charge in [0.15, 0.2) is 0 Å². The monoisotopic (exact) mass is 460 g/mol. The minimum atomic E-state index is -0.242. The number of aromatic nitrogens is 2. The molecular weight excluding hydrogens is 428 g/mol. The van der Waals surface area contributed by atoms with Crippen molar-refractivity contribution in [3.8, 4) is 5.75 Å². The van der Waals surface area contributed by atoms with Crippen LogP contribution in [0, 0.1) is 0 Å². The van der Waals surface area contributed by atoms with Crippen LogP contribution in [-0.2, 0) is 13.0 Å². The summed E-state index contributed by atoms with van der Waals surface area (Å²) in [5.74, 6) is 0.615. The van der Waals surface area contributed by atoms with Crippen molar-refractivity contribution < 1.29 is 9.53 Å². The topological polar surface area (TPSA) is 67.7 Å². The Kier molecular flexibility index (Phi) is 8.46. The molecule has 0 atom stereocenters. The van der Waals surface area contributed by atoms with Crippen LogP contribution in [0.1, 0.15) is 28.9 Å². The number of ether oxygens (including phenoxy) is 1. The Labute approximate surface area is 200 Å². The molecule has 1 fully saturated rings. The molecule has 7 heteroatoms. The first-order valence-electron chi connectivity index (χ1n) is 12.0. The molecule has 7 nitrogen and oxygen atoms in total. The number of nitrogens with zero attached hydrogens (tertiary/aromatic N) is 4. The van der Waals surface area contributed by atoms with Gasteiger partial charge in [0.1, 0.15) is 18.1 Å². The van der Waals surface area contributed by atoms with Gasteiger partial charge >= 0.3 is 0 Å². The Balaban J connectivity index is 1.28. The second-order valence-corrected chi connectivity index (χ2v) is 8.52. The summed E-state index contributed by atoms with van der Waals surface area (Å²) >= 11 is 0. The molecule has 1 amide bonds. The molecule has 0 N–H and O–H groups in total. The average molecular weight is 461 g/mol. The first-order chi connectivity index (χ1) is 16.7. The highest BCUT2D eigenvalue weighted by Gasteiger charge is 2.21. The minimum absolute atomic E-state index is 0.121. The third kappa shape index (κ3) is 6.78. The summed E-state index contributed by atoms with van der Waals surface area (Å²) in [5, 5.41) is 4.33. The van der Waals surface area contributed by atoms with Crippen molar-refractivity contribution in [2.45, 2.75) is 25.8 Å². The highest BCUT2D eigenvalue weighted by atomic mass is 16.5. The summed E-state index contributed by atoms with van der Waals surface area (Å²) in [6.07, 6.45) is 3.11. The van der Waals surface area contributed by atoms with Crippen LogP contribution in [0.2, 0.25) is 0 Å². The maximum Gasteiger partial charge on any atom is 0.274 e. The van der Waals surface area contributed by atoms with E-state index in [1.807, 2.05) is 41.3 Å². The van der Waals surface area contributed by atoms with Crippen LogP contribution >= 0.6 is 0 Å². The van der Waals surface area contributed by atoms with Gasteiger partial charge in [0.05, 0.1) is 6.54 Å². The predicted octanol–water partition coefficient (Wildman–Crippen LogP) is 3.10.